The third-order valence-corrected chi connectivity index (χ3v) is 4.52. The van der Waals surface area contributed by atoms with Gasteiger partial charge in [0.05, 0.1) is 16.5 Å². The number of anilines is 1. The molecule has 2 N–H and O–H groups in total. The van der Waals surface area contributed by atoms with Gasteiger partial charge in [0.1, 0.15) is 5.82 Å². The van der Waals surface area contributed by atoms with E-state index in [2.05, 4.69) is 10.0 Å². The van der Waals surface area contributed by atoms with Gasteiger partial charge < -0.3 is 5.32 Å². The number of benzene rings is 2. The van der Waals surface area contributed by atoms with Crippen LogP contribution in [0.2, 0.25) is 0 Å². The fraction of sp³-hybridized carbons (Fsp3) is 0.125. The number of nitrogens with zero attached hydrogens (tertiary/aromatic N) is 1. The standard InChI is InChI=1S/C16H14FN3O3S/c17-13-4-6-15(7-5-13)24(22,23)19-9-8-16(21)20-14-3-1-2-12(10-14)11-18/h1-7,10,19H,8-9H2,(H,20,21). The molecule has 0 atom stereocenters. The van der Waals surface area contributed by atoms with Crippen LogP contribution in [-0.2, 0) is 14.8 Å². The highest BCUT2D eigenvalue weighted by Crippen LogP contribution is 2.11. The lowest BCUT2D eigenvalue weighted by Gasteiger charge is -2.08. The highest BCUT2D eigenvalue weighted by Gasteiger charge is 2.14. The van der Waals surface area contributed by atoms with Crippen molar-refractivity contribution < 1.29 is 17.6 Å². The fourth-order valence-electron chi connectivity index (χ4n) is 1.89. The van der Waals surface area contributed by atoms with Crippen molar-refractivity contribution in [3.05, 3.63) is 59.9 Å². The Kier molecular flexibility index (Phi) is 5.63. The van der Waals surface area contributed by atoms with E-state index in [4.69, 9.17) is 5.26 Å². The molecule has 0 aliphatic carbocycles. The molecule has 24 heavy (non-hydrogen) atoms. The predicted molar refractivity (Wildman–Crippen MR) is 86.0 cm³/mol. The van der Waals surface area contributed by atoms with E-state index in [0.717, 1.165) is 24.3 Å². The normalized spacial score (nSPS) is 10.8. The summed E-state index contributed by atoms with van der Waals surface area (Å²) >= 11 is 0. The molecule has 0 spiro atoms. The van der Waals surface area contributed by atoms with E-state index in [1.165, 1.54) is 6.07 Å². The van der Waals surface area contributed by atoms with E-state index >= 15 is 0 Å². The summed E-state index contributed by atoms with van der Waals surface area (Å²) in [6, 6.07) is 12.7. The largest absolute Gasteiger partial charge is 0.326 e. The van der Waals surface area contributed by atoms with Crippen LogP contribution >= 0.6 is 0 Å². The number of hydrogen-bond donors (Lipinski definition) is 2. The monoisotopic (exact) mass is 347 g/mol. The van der Waals surface area contributed by atoms with Crippen LogP contribution in [0.1, 0.15) is 12.0 Å². The Labute approximate surface area is 139 Å². The maximum atomic E-state index is 12.8. The zero-order valence-corrected chi connectivity index (χ0v) is 13.3. The Morgan fingerprint density at radius 3 is 2.54 bits per heavy atom. The number of halogens is 1. The van der Waals surface area contributed by atoms with Crippen molar-refractivity contribution in [3.63, 3.8) is 0 Å². The van der Waals surface area contributed by atoms with Crippen molar-refractivity contribution in [3.8, 4) is 6.07 Å². The molecule has 0 aliphatic heterocycles. The first kappa shape index (κ1) is 17.6. The van der Waals surface area contributed by atoms with E-state index in [1.54, 1.807) is 18.2 Å². The number of nitrogens with one attached hydrogen (secondary N) is 2. The Hall–Kier alpha value is -2.76. The van der Waals surface area contributed by atoms with E-state index in [-0.39, 0.29) is 17.9 Å². The van der Waals surface area contributed by atoms with Gasteiger partial charge in [0.15, 0.2) is 0 Å². The van der Waals surface area contributed by atoms with E-state index in [0.29, 0.717) is 11.3 Å². The summed E-state index contributed by atoms with van der Waals surface area (Å²) in [6.45, 7) is -0.108. The van der Waals surface area contributed by atoms with E-state index in [9.17, 15) is 17.6 Å². The fourth-order valence-corrected chi connectivity index (χ4v) is 2.92. The molecule has 124 valence electrons. The van der Waals surface area contributed by atoms with Crippen molar-refractivity contribution in [1.82, 2.24) is 4.72 Å². The number of nitriles is 1. The zero-order valence-electron chi connectivity index (χ0n) is 12.5. The van der Waals surface area contributed by atoms with Gasteiger partial charge in [-0.2, -0.15) is 5.26 Å². The Morgan fingerprint density at radius 2 is 1.88 bits per heavy atom. The summed E-state index contributed by atoms with van der Waals surface area (Å²) in [5, 5.41) is 11.4. The van der Waals surface area contributed by atoms with E-state index < -0.39 is 21.7 Å². The lowest BCUT2D eigenvalue weighted by atomic mass is 10.2. The lowest BCUT2D eigenvalue weighted by molar-refractivity contribution is -0.116. The summed E-state index contributed by atoms with van der Waals surface area (Å²) in [5.41, 5.74) is 0.866. The number of rotatable bonds is 6. The van der Waals surface area contributed by atoms with Gasteiger partial charge in [-0.15, -0.1) is 0 Å². The molecule has 0 aliphatic rings. The second-order valence-electron chi connectivity index (χ2n) is 4.84. The van der Waals surface area contributed by atoms with Crippen molar-refractivity contribution in [2.24, 2.45) is 0 Å². The minimum absolute atomic E-state index is 0.0778. The number of amides is 1. The second kappa shape index (κ2) is 7.68. The maximum absolute atomic E-state index is 12.8. The molecule has 6 nitrogen and oxygen atoms in total. The summed E-state index contributed by atoms with van der Waals surface area (Å²) in [4.78, 5) is 11.7. The average Bonchev–Trinajstić information content (AvgIpc) is 2.55. The predicted octanol–water partition coefficient (Wildman–Crippen LogP) is 2.00. The van der Waals surface area contributed by atoms with E-state index in [1.807, 2.05) is 6.07 Å². The molecule has 1 amide bonds. The Bertz CT molecular complexity index is 874. The second-order valence-corrected chi connectivity index (χ2v) is 6.61. The number of carbonyl (C=O) groups is 1. The van der Waals surface area contributed by atoms with Crippen molar-refractivity contribution in [2.75, 3.05) is 11.9 Å². The molecular weight excluding hydrogens is 333 g/mol. The van der Waals surface area contributed by atoms with Crippen LogP contribution in [0.25, 0.3) is 0 Å². The minimum atomic E-state index is -3.80. The third-order valence-electron chi connectivity index (χ3n) is 3.04. The van der Waals surface area contributed by atoms with Crippen molar-refractivity contribution >= 4 is 21.6 Å². The van der Waals surface area contributed by atoms with Gasteiger partial charge in [-0.3, -0.25) is 4.79 Å². The summed E-state index contributed by atoms with van der Waals surface area (Å²) < 4.78 is 39.0. The number of carbonyl (C=O) groups excluding carboxylic acids is 1. The molecule has 2 rings (SSSR count). The topological polar surface area (TPSA) is 99.1 Å². The molecule has 0 fully saturated rings. The van der Waals surface area contributed by atoms with Crippen LogP contribution in [0.3, 0.4) is 0 Å². The lowest BCUT2D eigenvalue weighted by Crippen LogP contribution is -2.27. The molecule has 2 aromatic carbocycles. The Balaban J connectivity index is 1.88. The molecule has 0 saturated heterocycles. The first-order valence-electron chi connectivity index (χ1n) is 6.96. The summed E-state index contributed by atoms with van der Waals surface area (Å²) in [6.07, 6.45) is -0.0861. The first-order chi connectivity index (χ1) is 11.4. The van der Waals surface area contributed by atoms with Crippen molar-refractivity contribution in [1.29, 1.82) is 5.26 Å². The molecule has 0 radical (unpaired) electrons. The third kappa shape index (κ3) is 4.87. The number of hydrogen-bond acceptors (Lipinski definition) is 4. The van der Waals surface area contributed by atoms with Gasteiger partial charge in [-0.1, -0.05) is 6.07 Å². The average molecular weight is 347 g/mol. The van der Waals surface area contributed by atoms with Crippen LogP contribution in [0.4, 0.5) is 10.1 Å². The quantitative estimate of drug-likeness (QED) is 0.835. The molecule has 0 heterocycles. The van der Waals surface area contributed by atoms with Crippen LogP contribution in [-0.4, -0.2) is 20.9 Å². The summed E-state index contributed by atoms with van der Waals surface area (Å²) in [7, 11) is -3.80. The summed E-state index contributed by atoms with van der Waals surface area (Å²) in [5.74, 6) is -0.931. The highest BCUT2D eigenvalue weighted by molar-refractivity contribution is 7.89. The molecule has 8 heteroatoms. The van der Waals surface area contributed by atoms with Crippen LogP contribution in [0.5, 0.6) is 0 Å². The molecule has 2 aromatic rings. The molecular formula is C16H14FN3O3S. The zero-order chi connectivity index (χ0) is 17.6. The smallest absolute Gasteiger partial charge is 0.240 e. The maximum Gasteiger partial charge on any atom is 0.240 e. The van der Waals surface area contributed by atoms with Gasteiger partial charge in [0.2, 0.25) is 15.9 Å². The highest BCUT2D eigenvalue weighted by atomic mass is 32.2. The molecule has 0 unspecified atom stereocenters. The molecule has 0 aromatic heterocycles. The van der Waals surface area contributed by atoms with Crippen LogP contribution in [0, 0.1) is 17.1 Å². The van der Waals surface area contributed by atoms with Crippen LogP contribution in [0.15, 0.2) is 53.4 Å². The minimum Gasteiger partial charge on any atom is -0.326 e. The SMILES string of the molecule is N#Cc1cccc(NC(=O)CCNS(=O)(=O)c2ccc(F)cc2)c1. The van der Waals surface area contributed by atoms with Gasteiger partial charge >= 0.3 is 0 Å². The number of sulfonamides is 1. The first-order valence-corrected chi connectivity index (χ1v) is 8.44. The Morgan fingerprint density at radius 1 is 1.17 bits per heavy atom. The molecule has 0 bridgehead atoms. The van der Waals surface area contributed by atoms with Gasteiger partial charge in [0, 0.05) is 18.7 Å². The van der Waals surface area contributed by atoms with Crippen LogP contribution < -0.4 is 10.0 Å². The van der Waals surface area contributed by atoms with Gasteiger partial charge in [-0.25, -0.2) is 17.5 Å². The molecule has 0 saturated carbocycles. The van der Waals surface area contributed by atoms with Gasteiger partial charge in [0.25, 0.3) is 0 Å². The van der Waals surface area contributed by atoms with Crippen molar-refractivity contribution in [2.45, 2.75) is 11.3 Å². The van der Waals surface area contributed by atoms with Gasteiger partial charge in [-0.05, 0) is 42.5 Å².